The number of para-hydroxylation sites is 6. The van der Waals surface area contributed by atoms with Gasteiger partial charge in [-0.25, -0.2) is 0 Å². The number of nitrogens with zero attached hydrogens (tertiary/aromatic N) is 2. The Balaban J connectivity index is 0.993. The van der Waals surface area contributed by atoms with E-state index in [9.17, 15) is 0 Å². The molecule has 0 atom stereocenters. The summed E-state index contributed by atoms with van der Waals surface area (Å²) >= 11 is 0. The summed E-state index contributed by atoms with van der Waals surface area (Å²) < 4.78 is 19.9. The van der Waals surface area contributed by atoms with Crippen molar-refractivity contribution < 1.29 is 13.3 Å². The average molecular weight is 811 g/mol. The minimum Gasteiger partial charge on any atom is -0.456 e. The number of hydrogen-bond donors (Lipinski definition) is 0. The lowest BCUT2D eigenvalue weighted by molar-refractivity contribution is 0.668. The second kappa shape index (κ2) is 13.6. The van der Waals surface area contributed by atoms with Crippen molar-refractivity contribution in [2.45, 2.75) is 13.8 Å². The van der Waals surface area contributed by atoms with Crippen molar-refractivity contribution >= 4 is 121 Å². The zero-order valence-electron chi connectivity index (χ0n) is 34.6. The van der Waals surface area contributed by atoms with Gasteiger partial charge in [-0.1, -0.05) is 121 Å². The lowest BCUT2D eigenvalue weighted by atomic mass is 9.98. The van der Waals surface area contributed by atoms with E-state index in [1.807, 2.05) is 24.3 Å². The topological polar surface area (TPSA) is 45.9 Å². The fourth-order valence-corrected chi connectivity index (χ4v) is 9.94. The molecule has 5 heteroatoms. The van der Waals surface area contributed by atoms with Crippen LogP contribution in [0.1, 0.15) is 11.1 Å². The molecule has 13 rings (SSSR count). The molecule has 0 fully saturated rings. The van der Waals surface area contributed by atoms with Crippen molar-refractivity contribution in [1.82, 2.24) is 0 Å². The van der Waals surface area contributed by atoms with Crippen LogP contribution < -0.4 is 9.80 Å². The highest BCUT2D eigenvalue weighted by atomic mass is 16.3. The van der Waals surface area contributed by atoms with Crippen molar-refractivity contribution in [3.05, 3.63) is 205 Å². The molecule has 5 nitrogen and oxygen atoms in total. The molecule has 0 N–H and O–H groups in total. The normalized spacial score (nSPS) is 12.0. The Morgan fingerprint density at radius 3 is 1.19 bits per heavy atom. The summed E-state index contributed by atoms with van der Waals surface area (Å²) in [6.45, 7) is 4.33. The van der Waals surface area contributed by atoms with E-state index < -0.39 is 0 Å². The van der Waals surface area contributed by atoms with Gasteiger partial charge < -0.3 is 23.1 Å². The van der Waals surface area contributed by atoms with Crippen LogP contribution in [0.15, 0.2) is 207 Å². The first-order chi connectivity index (χ1) is 31.1. The molecule has 0 unspecified atom stereocenters. The third kappa shape index (κ3) is 5.36. The number of rotatable bonds is 6. The maximum atomic E-state index is 6.64. The number of hydrogen-bond acceptors (Lipinski definition) is 5. The highest BCUT2D eigenvalue weighted by molar-refractivity contribution is 6.27. The summed E-state index contributed by atoms with van der Waals surface area (Å²) in [7, 11) is 0. The van der Waals surface area contributed by atoms with E-state index in [0.29, 0.717) is 0 Å². The SMILES string of the molecule is Cc1ccccc1N(c1ccc2c(ccc3oc4ccc5cc(N(c6ccccc6C)c6cccc7c6oc6ccccc67)ccc5c4c32)c1)c1cccc2c1oc1ccccc12. The molecule has 0 spiro atoms. The van der Waals surface area contributed by atoms with Crippen LogP contribution >= 0.6 is 0 Å². The van der Waals surface area contributed by atoms with Crippen molar-refractivity contribution in [3.63, 3.8) is 0 Å². The van der Waals surface area contributed by atoms with Gasteiger partial charge >= 0.3 is 0 Å². The van der Waals surface area contributed by atoms with Gasteiger partial charge in [0.1, 0.15) is 22.3 Å². The first-order valence-electron chi connectivity index (χ1n) is 21.4. The second-order valence-electron chi connectivity index (χ2n) is 16.5. The Hall–Kier alpha value is -8.28. The largest absolute Gasteiger partial charge is 0.456 e. The monoisotopic (exact) mass is 810 g/mol. The van der Waals surface area contributed by atoms with Crippen LogP contribution in [0, 0.1) is 13.8 Å². The molecular weight excluding hydrogens is 773 g/mol. The molecule has 10 aromatic carbocycles. The fourth-order valence-electron chi connectivity index (χ4n) is 9.94. The van der Waals surface area contributed by atoms with Crippen molar-refractivity contribution in [1.29, 1.82) is 0 Å². The molecule has 0 amide bonds. The number of aryl methyl sites for hydroxylation is 2. The van der Waals surface area contributed by atoms with Gasteiger partial charge in [-0.3, -0.25) is 0 Å². The number of furan rings is 3. The van der Waals surface area contributed by atoms with Crippen LogP contribution in [0.4, 0.5) is 34.1 Å². The lowest BCUT2D eigenvalue weighted by Gasteiger charge is -2.27. The third-order valence-corrected chi connectivity index (χ3v) is 12.9. The summed E-state index contributed by atoms with van der Waals surface area (Å²) in [4.78, 5) is 4.67. The van der Waals surface area contributed by atoms with E-state index in [2.05, 4.69) is 194 Å². The molecule has 3 aromatic heterocycles. The number of fused-ring (bicyclic) bond motifs is 13. The summed E-state index contributed by atoms with van der Waals surface area (Å²) in [5.41, 5.74) is 13.8. The molecule has 0 aliphatic carbocycles. The summed E-state index contributed by atoms with van der Waals surface area (Å²) in [5, 5.41) is 11.1. The third-order valence-electron chi connectivity index (χ3n) is 12.9. The van der Waals surface area contributed by atoms with Crippen LogP contribution in [0.5, 0.6) is 0 Å². The van der Waals surface area contributed by atoms with Crippen LogP contribution in [-0.4, -0.2) is 0 Å². The highest BCUT2D eigenvalue weighted by Crippen LogP contribution is 2.47. The van der Waals surface area contributed by atoms with Crippen LogP contribution in [0.25, 0.3) is 87.4 Å². The zero-order valence-corrected chi connectivity index (χ0v) is 34.6. The Morgan fingerprint density at radius 2 is 0.714 bits per heavy atom. The van der Waals surface area contributed by atoms with Gasteiger partial charge in [0.25, 0.3) is 0 Å². The van der Waals surface area contributed by atoms with Crippen molar-refractivity contribution in [2.75, 3.05) is 9.80 Å². The molecule has 0 aliphatic rings. The van der Waals surface area contributed by atoms with Crippen LogP contribution in [0.3, 0.4) is 0 Å². The summed E-state index contributed by atoms with van der Waals surface area (Å²) in [5.74, 6) is 0. The Labute approximate surface area is 362 Å². The molecule has 0 aliphatic heterocycles. The molecule has 0 saturated carbocycles. The predicted octanol–water partition coefficient (Wildman–Crippen LogP) is 17.2. The minimum atomic E-state index is 0.861. The maximum Gasteiger partial charge on any atom is 0.159 e. The van der Waals surface area contributed by atoms with Crippen LogP contribution in [0.2, 0.25) is 0 Å². The molecule has 13 aromatic rings. The average Bonchev–Trinajstić information content (AvgIpc) is 4.03. The van der Waals surface area contributed by atoms with Gasteiger partial charge in [-0.05, 0) is 119 Å². The predicted molar refractivity (Wildman–Crippen MR) is 262 cm³/mol. The molecule has 0 saturated heterocycles. The molecule has 298 valence electrons. The van der Waals surface area contributed by atoms with Crippen LogP contribution in [-0.2, 0) is 0 Å². The van der Waals surface area contributed by atoms with Gasteiger partial charge in [0.05, 0.1) is 11.4 Å². The summed E-state index contributed by atoms with van der Waals surface area (Å²) in [6, 6.07) is 68.7. The first kappa shape index (κ1) is 35.5. The standard InChI is InChI=1S/C58H38N2O3/c1-35-13-3-7-19-47(35)59(49-21-11-17-45-43-15-5-9-23-51(43)62-57(45)49)39-27-29-41-37(33-39)25-31-53-55(41)56-42-30-28-40(34-38(42)26-32-54(56)61-53)60(48-20-8-4-14-36(48)2)50-22-12-18-46-44-16-6-10-24-52(44)63-58(46)50/h3-34H,1-2H3. The Morgan fingerprint density at radius 1 is 0.302 bits per heavy atom. The molecule has 3 heterocycles. The summed E-state index contributed by atoms with van der Waals surface area (Å²) in [6.07, 6.45) is 0. The van der Waals surface area contributed by atoms with Gasteiger partial charge in [0.15, 0.2) is 11.2 Å². The van der Waals surface area contributed by atoms with Gasteiger partial charge in [0, 0.05) is 55.1 Å². The fraction of sp³-hybridized carbons (Fsp3) is 0.0345. The molecule has 0 radical (unpaired) electrons. The molecule has 0 bridgehead atoms. The van der Waals surface area contributed by atoms with E-state index in [-0.39, 0.29) is 0 Å². The Bertz CT molecular complexity index is 3720. The van der Waals surface area contributed by atoms with E-state index in [0.717, 1.165) is 121 Å². The minimum absolute atomic E-state index is 0.861. The van der Waals surface area contributed by atoms with E-state index in [4.69, 9.17) is 13.3 Å². The first-order valence-corrected chi connectivity index (χ1v) is 21.4. The van der Waals surface area contributed by atoms with Crippen molar-refractivity contribution in [3.8, 4) is 0 Å². The highest BCUT2D eigenvalue weighted by Gasteiger charge is 2.24. The Kier molecular flexibility index (Phi) is 7.67. The van der Waals surface area contributed by atoms with E-state index in [1.165, 1.54) is 11.1 Å². The smallest absolute Gasteiger partial charge is 0.159 e. The van der Waals surface area contributed by atoms with E-state index in [1.54, 1.807) is 0 Å². The van der Waals surface area contributed by atoms with Crippen molar-refractivity contribution in [2.24, 2.45) is 0 Å². The molecular formula is C58H38N2O3. The quantitative estimate of drug-likeness (QED) is 0.167. The lowest BCUT2D eigenvalue weighted by Crippen LogP contribution is -2.11. The van der Waals surface area contributed by atoms with Gasteiger partial charge in [-0.2, -0.15) is 0 Å². The zero-order chi connectivity index (χ0) is 41.8. The van der Waals surface area contributed by atoms with E-state index >= 15 is 0 Å². The van der Waals surface area contributed by atoms with Gasteiger partial charge in [-0.15, -0.1) is 0 Å². The number of benzene rings is 10. The number of anilines is 6. The maximum absolute atomic E-state index is 6.64. The van der Waals surface area contributed by atoms with Gasteiger partial charge in [0.2, 0.25) is 0 Å². The molecule has 63 heavy (non-hydrogen) atoms. The second-order valence-corrected chi connectivity index (χ2v) is 16.5.